The van der Waals surface area contributed by atoms with Crippen molar-refractivity contribution >= 4 is 46.5 Å². The minimum Gasteiger partial charge on any atom is -0.481 e. The first-order chi connectivity index (χ1) is 16.6. The van der Waals surface area contributed by atoms with Gasteiger partial charge in [0.05, 0.1) is 11.6 Å². The molecule has 6 nitrogen and oxygen atoms in total. The molecule has 1 amide bonds. The number of benzene rings is 2. The van der Waals surface area contributed by atoms with Crippen LogP contribution in [0.5, 0.6) is 5.75 Å². The summed E-state index contributed by atoms with van der Waals surface area (Å²) in [6, 6.07) is 9.28. The fraction of sp³-hybridized carbons (Fsp3) is 0.333. The lowest BCUT2D eigenvalue weighted by Crippen LogP contribution is -2.18. The van der Waals surface area contributed by atoms with Crippen LogP contribution in [0.2, 0.25) is 10.0 Å². The molecule has 3 aromatic rings. The number of nitrogens with one attached hydrogen (secondary N) is 1. The van der Waals surface area contributed by atoms with Crippen molar-refractivity contribution in [1.29, 1.82) is 0 Å². The zero-order chi connectivity index (χ0) is 25.6. The number of alkyl halides is 3. The Kier molecular flexibility index (Phi) is 8.91. The highest BCUT2D eigenvalue weighted by atomic mass is 35.5. The Balaban J connectivity index is 1.78. The quantitative estimate of drug-likeness (QED) is 0.220. The van der Waals surface area contributed by atoms with Crippen LogP contribution in [-0.4, -0.2) is 35.0 Å². The van der Waals surface area contributed by atoms with Crippen LogP contribution in [-0.2, 0) is 22.6 Å². The van der Waals surface area contributed by atoms with E-state index in [0.29, 0.717) is 58.7 Å². The van der Waals surface area contributed by atoms with E-state index in [4.69, 9.17) is 23.2 Å². The SMILES string of the molecule is O=CNCCC(CCc1ccc(Cl)c(Cn2ccc3cc(OC(F)(F)F)ccc32)c1Cl)CC(=O)O. The van der Waals surface area contributed by atoms with E-state index in [9.17, 15) is 27.9 Å². The number of carbonyl (C=O) groups excluding carboxylic acids is 1. The average molecular weight is 531 g/mol. The van der Waals surface area contributed by atoms with Crippen molar-refractivity contribution in [2.24, 2.45) is 5.92 Å². The Bertz CT molecular complexity index is 1200. The molecule has 2 N–H and O–H groups in total. The summed E-state index contributed by atoms with van der Waals surface area (Å²) in [6.45, 7) is 0.674. The van der Waals surface area contributed by atoms with Gasteiger partial charge in [0, 0.05) is 40.7 Å². The van der Waals surface area contributed by atoms with E-state index in [1.165, 1.54) is 18.2 Å². The topological polar surface area (TPSA) is 80.6 Å². The van der Waals surface area contributed by atoms with Gasteiger partial charge < -0.3 is 19.7 Å². The second-order valence-electron chi connectivity index (χ2n) is 8.07. The molecule has 0 bridgehead atoms. The second kappa shape index (κ2) is 11.7. The Morgan fingerprint density at radius 3 is 2.63 bits per heavy atom. The number of ether oxygens (including phenoxy) is 1. The number of carboxylic acids is 1. The van der Waals surface area contributed by atoms with Gasteiger partial charge in [-0.05, 0) is 61.1 Å². The number of carbonyl (C=O) groups is 2. The van der Waals surface area contributed by atoms with Gasteiger partial charge in [-0.15, -0.1) is 13.2 Å². The molecule has 0 aliphatic rings. The number of halogens is 5. The minimum absolute atomic E-state index is 0.0198. The van der Waals surface area contributed by atoms with E-state index >= 15 is 0 Å². The van der Waals surface area contributed by atoms with E-state index in [1.54, 1.807) is 24.4 Å². The fourth-order valence-electron chi connectivity index (χ4n) is 3.97. The maximum atomic E-state index is 12.5. The molecular formula is C24H23Cl2F3N2O4. The van der Waals surface area contributed by atoms with Gasteiger partial charge in [-0.1, -0.05) is 29.3 Å². The Hall–Kier alpha value is -2.91. The predicted molar refractivity (Wildman–Crippen MR) is 127 cm³/mol. The summed E-state index contributed by atoms with van der Waals surface area (Å²) in [5, 5.41) is 13.2. The van der Waals surface area contributed by atoms with E-state index in [-0.39, 0.29) is 24.6 Å². The van der Waals surface area contributed by atoms with E-state index < -0.39 is 12.3 Å². The molecule has 1 atom stereocenters. The number of carboxylic acid groups (broad SMARTS) is 1. The summed E-state index contributed by atoms with van der Waals surface area (Å²) in [5.74, 6) is -1.36. The third-order valence-corrected chi connectivity index (χ3v) is 6.46. The van der Waals surface area contributed by atoms with E-state index in [2.05, 4.69) is 10.1 Å². The lowest BCUT2D eigenvalue weighted by molar-refractivity contribution is -0.274. The highest BCUT2D eigenvalue weighted by Crippen LogP contribution is 2.33. The lowest BCUT2D eigenvalue weighted by atomic mass is 9.93. The molecule has 0 aliphatic heterocycles. The molecule has 188 valence electrons. The molecule has 0 saturated heterocycles. The molecule has 11 heteroatoms. The second-order valence-corrected chi connectivity index (χ2v) is 8.86. The lowest BCUT2D eigenvalue weighted by Gasteiger charge is -2.17. The molecule has 1 aromatic heterocycles. The van der Waals surface area contributed by atoms with E-state index in [0.717, 1.165) is 5.56 Å². The van der Waals surface area contributed by atoms with Gasteiger partial charge in [0.1, 0.15) is 5.75 Å². The van der Waals surface area contributed by atoms with E-state index in [1.807, 2.05) is 4.57 Å². The van der Waals surface area contributed by atoms with Gasteiger partial charge in [0.15, 0.2) is 0 Å². The third kappa shape index (κ3) is 7.53. The van der Waals surface area contributed by atoms with Crippen LogP contribution in [0.15, 0.2) is 42.6 Å². The molecule has 0 saturated carbocycles. The number of fused-ring (bicyclic) bond motifs is 1. The van der Waals surface area contributed by atoms with Crippen LogP contribution in [0.1, 0.15) is 30.4 Å². The maximum Gasteiger partial charge on any atom is 0.573 e. The number of aliphatic carboxylic acids is 1. The molecule has 0 aliphatic carbocycles. The van der Waals surface area contributed by atoms with Gasteiger partial charge in [0.2, 0.25) is 6.41 Å². The van der Waals surface area contributed by atoms with Crippen molar-refractivity contribution in [3.05, 3.63) is 63.8 Å². The number of rotatable bonds is 12. The molecule has 3 rings (SSSR count). The molecule has 2 aromatic carbocycles. The van der Waals surface area contributed by atoms with Crippen LogP contribution >= 0.6 is 23.2 Å². The summed E-state index contributed by atoms with van der Waals surface area (Å²) in [4.78, 5) is 21.7. The number of nitrogens with zero attached hydrogens (tertiary/aromatic N) is 1. The highest BCUT2D eigenvalue weighted by Gasteiger charge is 2.31. The summed E-state index contributed by atoms with van der Waals surface area (Å²) in [7, 11) is 0. The van der Waals surface area contributed by atoms with Crippen LogP contribution in [0, 0.1) is 5.92 Å². The van der Waals surface area contributed by atoms with Crippen LogP contribution in [0.4, 0.5) is 13.2 Å². The van der Waals surface area contributed by atoms with Crippen molar-refractivity contribution in [1.82, 2.24) is 9.88 Å². The predicted octanol–water partition coefficient (Wildman–Crippen LogP) is 6.05. The van der Waals surface area contributed by atoms with Crippen LogP contribution in [0.3, 0.4) is 0 Å². The molecule has 0 radical (unpaired) electrons. The van der Waals surface area contributed by atoms with Crippen molar-refractivity contribution < 1.29 is 32.6 Å². The van der Waals surface area contributed by atoms with Gasteiger partial charge in [-0.2, -0.15) is 0 Å². The molecule has 0 fully saturated rings. The van der Waals surface area contributed by atoms with Gasteiger partial charge in [-0.25, -0.2) is 0 Å². The third-order valence-electron chi connectivity index (χ3n) is 5.64. The number of aryl methyl sites for hydroxylation is 1. The first-order valence-corrected chi connectivity index (χ1v) is 11.5. The number of aromatic nitrogens is 1. The Morgan fingerprint density at radius 2 is 1.94 bits per heavy atom. The Morgan fingerprint density at radius 1 is 1.17 bits per heavy atom. The monoisotopic (exact) mass is 530 g/mol. The molecule has 1 heterocycles. The number of amides is 1. The summed E-state index contributed by atoms with van der Waals surface area (Å²) >= 11 is 13.1. The molecule has 1 unspecified atom stereocenters. The first kappa shape index (κ1) is 26.7. The largest absolute Gasteiger partial charge is 0.573 e. The molecule has 0 spiro atoms. The molecular weight excluding hydrogens is 508 g/mol. The van der Waals surface area contributed by atoms with Crippen molar-refractivity contribution in [3.63, 3.8) is 0 Å². The van der Waals surface area contributed by atoms with Gasteiger partial charge in [-0.3, -0.25) is 9.59 Å². The van der Waals surface area contributed by atoms with Gasteiger partial charge in [0.25, 0.3) is 0 Å². The first-order valence-electron chi connectivity index (χ1n) is 10.8. The average Bonchev–Trinajstić information content (AvgIpc) is 3.16. The van der Waals surface area contributed by atoms with Crippen molar-refractivity contribution in [3.8, 4) is 5.75 Å². The smallest absolute Gasteiger partial charge is 0.481 e. The maximum absolute atomic E-state index is 12.5. The summed E-state index contributed by atoms with van der Waals surface area (Å²) < 4.78 is 43.3. The number of hydrogen-bond donors (Lipinski definition) is 2. The normalized spacial score (nSPS) is 12.5. The zero-order valence-corrected chi connectivity index (χ0v) is 20.0. The number of hydrogen-bond acceptors (Lipinski definition) is 3. The fourth-order valence-corrected chi connectivity index (χ4v) is 4.55. The summed E-state index contributed by atoms with van der Waals surface area (Å²) in [5.41, 5.74) is 2.14. The molecule has 35 heavy (non-hydrogen) atoms. The standard InChI is InChI=1S/C24H23Cl2F3N2O4/c25-20-5-3-16(2-1-15(11-22(33)34)7-9-30-14-32)23(26)19(20)13-31-10-8-17-12-18(4-6-21(17)31)35-24(27,28)29/h3-6,8,10,12,14-15H,1-2,7,9,11,13H2,(H,30,32)(H,33,34). The van der Waals surface area contributed by atoms with Crippen LogP contribution < -0.4 is 10.1 Å². The highest BCUT2D eigenvalue weighted by molar-refractivity contribution is 6.36. The van der Waals surface area contributed by atoms with Crippen molar-refractivity contribution in [2.75, 3.05) is 6.54 Å². The summed E-state index contributed by atoms with van der Waals surface area (Å²) in [6.07, 6.45) is -0.882. The zero-order valence-electron chi connectivity index (χ0n) is 18.4. The van der Waals surface area contributed by atoms with Gasteiger partial charge >= 0.3 is 12.3 Å². The van der Waals surface area contributed by atoms with Crippen molar-refractivity contribution in [2.45, 2.75) is 38.6 Å². The minimum atomic E-state index is -4.77. The van der Waals surface area contributed by atoms with Crippen LogP contribution in [0.25, 0.3) is 10.9 Å². The Labute approximate surface area is 209 Å².